The van der Waals surface area contributed by atoms with Gasteiger partial charge in [-0.15, -0.1) is 0 Å². The number of anilines is 1. The summed E-state index contributed by atoms with van der Waals surface area (Å²) in [5, 5.41) is 6.26. The Morgan fingerprint density at radius 3 is 2.74 bits per heavy atom. The third-order valence-electron chi connectivity index (χ3n) is 2.52. The van der Waals surface area contributed by atoms with Gasteiger partial charge in [0.15, 0.2) is 0 Å². The summed E-state index contributed by atoms with van der Waals surface area (Å²) >= 11 is 5.94. The van der Waals surface area contributed by atoms with E-state index >= 15 is 0 Å². The molecule has 1 aromatic heterocycles. The van der Waals surface area contributed by atoms with Gasteiger partial charge in [-0.25, -0.2) is 9.97 Å². The first kappa shape index (κ1) is 15.7. The number of halogens is 1. The SMILES string of the molecule is CCCNC(=O)C(C)Nc1cc(Cl)nc(CCC)n1. The second kappa shape index (κ2) is 7.94. The third-order valence-corrected chi connectivity index (χ3v) is 2.72. The van der Waals surface area contributed by atoms with Crippen molar-refractivity contribution in [2.24, 2.45) is 0 Å². The summed E-state index contributed by atoms with van der Waals surface area (Å²) in [6, 6.07) is 1.27. The first-order valence-corrected chi connectivity index (χ1v) is 7.02. The molecule has 0 aromatic carbocycles. The molecule has 5 nitrogen and oxygen atoms in total. The molecule has 0 saturated heterocycles. The zero-order chi connectivity index (χ0) is 14.3. The van der Waals surface area contributed by atoms with Crippen molar-refractivity contribution in [3.05, 3.63) is 17.0 Å². The summed E-state index contributed by atoms with van der Waals surface area (Å²) < 4.78 is 0. The molecule has 0 fully saturated rings. The normalized spacial score (nSPS) is 12.0. The average molecular weight is 285 g/mol. The van der Waals surface area contributed by atoms with Crippen molar-refractivity contribution in [2.75, 3.05) is 11.9 Å². The van der Waals surface area contributed by atoms with E-state index in [0.29, 0.717) is 23.3 Å². The van der Waals surface area contributed by atoms with Crippen LogP contribution in [0.15, 0.2) is 6.07 Å². The number of amides is 1. The molecule has 6 heteroatoms. The highest BCUT2D eigenvalue weighted by molar-refractivity contribution is 6.29. The van der Waals surface area contributed by atoms with Crippen molar-refractivity contribution in [3.8, 4) is 0 Å². The van der Waals surface area contributed by atoms with Gasteiger partial charge in [0.25, 0.3) is 0 Å². The van der Waals surface area contributed by atoms with Gasteiger partial charge in [-0.05, 0) is 19.8 Å². The lowest BCUT2D eigenvalue weighted by Crippen LogP contribution is -2.38. The molecule has 106 valence electrons. The van der Waals surface area contributed by atoms with E-state index < -0.39 is 0 Å². The van der Waals surface area contributed by atoms with E-state index in [1.54, 1.807) is 13.0 Å². The molecule has 0 bridgehead atoms. The minimum Gasteiger partial charge on any atom is -0.358 e. The number of nitrogens with one attached hydrogen (secondary N) is 2. The predicted molar refractivity (Wildman–Crippen MR) is 77.4 cm³/mol. The average Bonchev–Trinajstić information content (AvgIpc) is 2.35. The highest BCUT2D eigenvalue weighted by Gasteiger charge is 2.13. The highest BCUT2D eigenvalue weighted by Crippen LogP contribution is 2.13. The van der Waals surface area contributed by atoms with E-state index in [-0.39, 0.29) is 11.9 Å². The van der Waals surface area contributed by atoms with E-state index in [1.165, 1.54) is 0 Å². The minimum absolute atomic E-state index is 0.0476. The topological polar surface area (TPSA) is 66.9 Å². The second-order valence-electron chi connectivity index (χ2n) is 4.40. The highest BCUT2D eigenvalue weighted by atomic mass is 35.5. The van der Waals surface area contributed by atoms with E-state index in [1.807, 2.05) is 6.92 Å². The maximum absolute atomic E-state index is 11.8. The van der Waals surface area contributed by atoms with Gasteiger partial charge in [-0.3, -0.25) is 4.79 Å². The number of carbonyl (C=O) groups excluding carboxylic acids is 1. The molecule has 0 spiro atoms. The molecule has 0 saturated carbocycles. The lowest BCUT2D eigenvalue weighted by molar-refractivity contribution is -0.121. The van der Waals surface area contributed by atoms with Crippen molar-refractivity contribution in [2.45, 2.75) is 46.1 Å². The van der Waals surface area contributed by atoms with Crippen LogP contribution in [0.1, 0.15) is 39.4 Å². The lowest BCUT2D eigenvalue weighted by Gasteiger charge is -2.15. The van der Waals surface area contributed by atoms with Crippen LogP contribution in [0.2, 0.25) is 5.15 Å². The van der Waals surface area contributed by atoms with Crippen LogP contribution in [-0.2, 0) is 11.2 Å². The van der Waals surface area contributed by atoms with Crippen molar-refractivity contribution < 1.29 is 4.79 Å². The molecule has 1 unspecified atom stereocenters. The molecular formula is C13H21ClN4O. The van der Waals surface area contributed by atoms with Gasteiger partial charge >= 0.3 is 0 Å². The lowest BCUT2D eigenvalue weighted by atomic mass is 10.3. The predicted octanol–water partition coefficient (Wildman–Crippen LogP) is 2.41. The van der Waals surface area contributed by atoms with Crippen LogP contribution in [0.3, 0.4) is 0 Å². The van der Waals surface area contributed by atoms with Gasteiger partial charge in [0.1, 0.15) is 22.8 Å². The van der Waals surface area contributed by atoms with Crippen molar-refractivity contribution >= 4 is 23.3 Å². The molecular weight excluding hydrogens is 264 g/mol. The summed E-state index contributed by atoms with van der Waals surface area (Å²) in [6.07, 6.45) is 2.64. The number of carbonyl (C=O) groups is 1. The summed E-state index contributed by atoms with van der Waals surface area (Å²) in [6.45, 7) is 6.54. The zero-order valence-electron chi connectivity index (χ0n) is 11.7. The van der Waals surface area contributed by atoms with Gasteiger partial charge in [-0.2, -0.15) is 0 Å². The number of rotatable bonds is 7. The molecule has 0 aliphatic heterocycles. The quantitative estimate of drug-likeness (QED) is 0.755. The molecule has 19 heavy (non-hydrogen) atoms. The van der Waals surface area contributed by atoms with Crippen LogP contribution in [0, 0.1) is 0 Å². The minimum atomic E-state index is -0.355. The molecule has 0 radical (unpaired) electrons. The van der Waals surface area contributed by atoms with Gasteiger partial charge in [0.2, 0.25) is 5.91 Å². The number of aryl methyl sites for hydroxylation is 1. The number of aromatic nitrogens is 2. The fraction of sp³-hybridized carbons (Fsp3) is 0.615. The Labute approximate surface area is 119 Å². The third kappa shape index (κ3) is 5.42. The van der Waals surface area contributed by atoms with Crippen molar-refractivity contribution in [1.82, 2.24) is 15.3 Å². The van der Waals surface area contributed by atoms with Crippen molar-refractivity contribution in [3.63, 3.8) is 0 Å². The molecule has 0 aliphatic rings. The summed E-state index contributed by atoms with van der Waals surface area (Å²) in [5.41, 5.74) is 0. The Bertz CT molecular complexity index is 425. The first-order chi connectivity index (χ1) is 9.06. The van der Waals surface area contributed by atoms with E-state index in [4.69, 9.17) is 11.6 Å². The number of hydrogen-bond donors (Lipinski definition) is 2. The van der Waals surface area contributed by atoms with E-state index in [2.05, 4.69) is 27.5 Å². The van der Waals surface area contributed by atoms with Crippen LogP contribution in [0.4, 0.5) is 5.82 Å². The standard InChI is InChI=1S/C13H21ClN4O/c1-4-6-11-17-10(14)8-12(18-11)16-9(3)13(19)15-7-5-2/h8-9H,4-7H2,1-3H3,(H,15,19)(H,16,17,18). The Balaban J connectivity index is 2.67. The van der Waals surface area contributed by atoms with Crippen LogP contribution in [0.25, 0.3) is 0 Å². The van der Waals surface area contributed by atoms with Crippen molar-refractivity contribution in [1.29, 1.82) is 0 Å². The molecule has 1 atom stereocenters. The molecule has 0 aliphatic carbocycles. The Kier molecular flexibility index (Phi) is 6.56. The Hall–Kier alpha value is -1.36. The molecule has 1 heterocycles. The van der Waals surface area contributed by atoms with Gasteiger partial charge in [0.05, 0.1) is 0 Å². The monoisotopic (exact) mass is 284 g/mol. The van der Waals surface area contributed by atoms with Gasteiger partial charge in [-0.1, -0.05) is 25.4 Å². The van der Waals surface area contributed by atoms with Crippen LogP contribution in [-0.4, -0.2) is 28.5 Å². The molecule has 1 amide bonds. The first-order valence-electron chi connectivity index (χ1n) is 6.64. The van der Waals surface area contributed by atoms with Crippen LogP contribution >= 0.6 is 11.6 Å². The smallest absolute Gasteiger partial charge is 0.242 e. The van der Waals surface area contributed by atoms with Gasteiger partial charge in [0, 0.05) is 19.0 Å². The Morgan fingerprint density at radius 2 is 2.11 bits per heavy atom. The molecule has 2 N–H and O–H groups in total. The van der Waals surface area contributed by atoms with Gasteiger partial charge < -0.3 is 10.6 Å². The Morgan fingerprint density at radius 1 is 1.37 bits per heavy atom. The summed E-state index contributed by atoms with van der Waals surface area (Å²) in [5.74, 6) is 1.23. The summed E-state index contributed by atoms with van der Waals surface area (Å²) in [4.78, 5) is 20.2. The maximum atomic E-state index is 11.8. The maximum Gasteiger partial charge on any atom is 0.242 e. The fourth-order valence-electron chi connectivity index (χ4n) is 1.56. The van der Waals surface area contributed by atoms with Crippen LogP contribution in [0.5, 0.6) is 0 Å². The molecule has 1 aromatic rings. The number of nitrogens with zero attached hydrogens (tertiary/aromatic N) is 2. The second-order valence-corrected chi connectivity index (χ2v) is 4.79. The number of hydrogen-bond acceptors (Lipinski definition) is 4. The van der Waals surface area contributed by atoms with Crippen LogP contribution < -0.4 is 10.6 Å². The molecule has 1 rings (SSSR count). The largest absolute Gasteiger partial charge is 0.358 e. The summed E-state index contributed by atoms with van der Waals surface area (Å²) in [7, 11) is 0. The zero-order valence-corrected chi connectivity index (χ0v) is 12.4. The fourth-order valence-corrected chi connectivity index (χ4v) is 1.76. The van der Waals surface area contributed by atoms with E-state index in [9.17, 15) is 4.79 Å². The van der Waals surface area contributed by atoms with E-state index in [0.717, 1.165) is 19.3 Å².